The van der Waals surface area contributed by atoms with E-state index in [1.54, 1.807) is 0 Å². The molecule has 0 radical (unpaired) electrons. The fourth-order valence-corrected chi connectivity index (χ4v) is 5.31. The van der Waals surface area contributed by atoms with E-state index in [1.807, 2.05) is 6.92 Å². The largest absolute Gasteiger partial charge is 0.457 e. The summed E-state index contributed by atoms with van der Waals surface area (Å²) in [7, 11) is 0. The minimum Gasteiger partial charge on any atom is -0.457 e. The predicted molar refractivity (Wildman–Crippen MR) is 187 cm³/mol. The van der Waals surface area contributed by atoms with Gasteiger partial charge in [0.15, 0.2) is 12.6 Å². The third-order valence-corrected chi connectivity index (χ3v) is 8.32. The van der Waals surface area contributed by atoms with Crippen molar-refractivity contribution in [1.29, 1.82) is 0 Å². The van der Waals surface area contributed by atoms with Crippen molar-refractivity contribution in [1.82, 2.24) is 0 Å². The van der Waals surface area contributed by atoms with Gasteiger partial charge in [-0.25, -0.2) is 0 Å². The number of esters is 1. The Hall–Kier alpha value is -2.05. The summed E-state index contributed by atoms with van der Waals surface area (Å²) in [5.41, 5.74) is 0. The van der Waals surface area contributed by atoms with Gasteiger partial charge in [0.25, 0.3) is 0 Å². The van der Waals surface area contributed by atoms with Gasteiger partial charge in [-0.05, 0) is 51.4 Å². The minimum atomic E-state index is -1.71. The lowest BCUT2D eigenvalue weighted by atomic mass is 9.98. The van der Waals surface area contributed by atoms with E-state index in [9.17, 15) is 40.5 Å². The van der Waals surface area contributed by atoms with Crippen LogP contribution >= 0.6 is 0 Å². The van der Waals surface area contributed by atoms with Crippen molar-refractivity contribution in [2.24, 2.45) is 0 Å². The summed E-state index contributed by atoms with van der Waals surface area (Å²) in [6.07, 6.45) is 9.56. The van der Waals surface area contributed by atoms with Crippen LogP contribution in [0.15, 0.2) is 48.6 Å². The second-order valence-corrected chi connectivity index (χ2v) is 12.7. The van der Waals surface area contributed by atoms with Crippen LogP contribution in [0, 0.1) is 0 Å². The fraction of sp³-hybridized carbons (Fsp3) is 0.757. The van der Waals surface area contributed by atoms with Crippen molar-refractivity contribution in [3.05, 3.63) is 48.6 Å². The summed E-state index contributed by atoms with van der Waals surface area (Å²) < 4.78 is 33.4. The van der Waals surface area contributed by atoms with Gasteiger partial charge >= 0.3 is 5.97 Å². The number of carbonyl (C=O) groups is 1. The SMILES string of the molecule is CC/C=C\C/C=C\C/C=C\C/C=C\CCCCCOCC(COC1OC(COC2OC(CO)C(O)C(O)C2O)C(O)C(O)C1O)OC(=O)CCC. The van der Waals surface area contributed by atoms with Crippen LogP contribution < -0.4 is 0 Å². The average Bonchev–Trinajstić information content (AvgIpc) is 3.12. The molecular formula is C37H62O14. The monoisotopic (exact) mass is 730 g/mol. The number of hydrogen-bond acceptors (Lipinski definition) is 14. The average molecular weight is 731 g/mol. The van der Waals surface area contributed by atoms with Gasteiger partial charge in [-0.2, -0.15) is 0 Å². The van der Waals surface area contributed by atoms with E-state index in [-0.39, 0.29) is 19.6 Å². The minimum absolute atomic E-state index is 0.0317. The molecule has 0 bridgehead atoms. The zero-order valence-electron chi connectivity index (χ0n) is 30.1. The van der Waals surface area contributed by atoms with Gasteiger partial charge in [-0.15, -0.1) is 0 Å². The van der Waals surface area contributed by atoms with E-state index in [0.717, 1.165) is 51.4 Å². The van der Waals surface area contributed by atoms with Crippen LogP contribution in [0.25, 0.3) is 0 Å². The molecule has 2 fully saturated rings. The molecule has 0 aliphatic carbocycles. The maximum absolute atomic E-state index is 12.3. The van der Waals surface area contributed by atoms with Crippen molar-refractivity contribution in [3.8, 4) is 0 Å². The molecule has 14 heteroatoms. The molecule has 2 aliphatic heterocycles. The molecule has 11 atom stereocenters. The lowest BCUT2D eigenvalue weighted by molar-refractivity contribution is -0.332. The number of unbranched alkanes of at least 4 members (excludes halogenated alkanes) is 3. The van der Waals surface area contributed by atoms with Crippen LogP contribution in [-0.2, 0) is 33.2 Å². The maximum atomic E-state index is 12.3. The maximum Gasteiger partial charge on any atom is 0.306 e. The summed E-state index contributed by atoms with van der Waals surface area (Å²) in [6, 6.07) is 0. The molecule has 2 aliphatic rings. The molecule has 0 aromatic carbocycles. The van der Waals surface area contributed by atoms with Gasteiger partial charge in [-0.3, -0.25) is 4.79 Å². The number of carbonyl (C=O) groups excluding carboxylic acids is 1. The highest BCUT2D eigenvalue weighted by Gasteiger charge is 2.47. The van der Waals surface area contributed by atoms with Crippen molar-refractivity contribution in [2.45, 2.75) is 146 Å². The second kappa shape index (κ2) is 26.7. The third-order valence-electron chi connectivity index (χ3n) is 8.32. The smallest absolute Gasteiger partial charge is 0.306 e. The number of ether oxygens (including phenoxy) is 6. The summed E-state index contributed by atoms with van der Waals surface area (Å²) in [5.74, 6) is -0.445. The number of hydrogen-bond donors (Lipinski definition) is 7. The lowest BCUT2D eigenvalue weighted by Crippen LogP contribution is -2.61. The van der Waals surface area contributed by atoms with Crippen LogP contribution in [0.4, 0.5) is 0 Å². The molecule has 2 heterocycles. The molecule has 0 aromatic rings. The molecule has 0 spiro atoms. The Bertz CT molecular complexity index is 1030. The van der Waals surface area contributed by atoms with Gasteiger partial charge in [0.05, 0.1) is 26.4 Å². The molecule has 294 valence electrons. The van der Waals surface area contributed by atoms with Crippen LogP contribution in [0.5, 0.6) is 0 Å². The summed E-state index contributed by atoms with van der Waals surface area (Å²) >= 11 is 0. The highest BCUT2D eigenvalue weighted by Crippen LogP contribution is 2.26. The van der Waals surface area contributed by atoms with Crippen LogP contribution in [0.3, 0.4) is 0 Å². The van der Waals surface area contributed by atoms with Crippen molar-refractivity contribution in [3.63, 3.8) is 0 Å². The van der Waals surface area contributed by atoms with Crippen molar-refractivity contribution in [2.75, 3.05) is 33.0 Å². The van der Waals surface area contributed by atoms with E-state index < -0.39 is 86.7 Å². The first-order chi connectivity index (χ1) is 24.6. The fourth-order valence-electron chi connectivity index (χ4n) is 5.31. The molecule has 7 N–H and O–H groups in total. The first-order valence-electron chi connectivity index (χ1n) is 18.2. The molecule has 0 amide bonds. The number of allylic oxidation sites excluding steroid dienone is 8. The Kier molecular flexibility index (Phi) is 23.6. The topological polar surface area (TPSA) is 214 Å². The van der Waals surface area contributed by atoms with Crippen LogP contribution in [0.2, 0.25) is 0 Å². The van der Waals surface area contributed by atoms with Gasteiger partial charge in [0.1, 0.15) is 54.9 Å². The van der Waals surface area contributed by atoms with Gasteiger partial charge in [-0.1, -0.05) is 68.9 Å². The van der Waals surface area contributed by atoms with E-state index in [0.29, 0.717) is 13.0 Å². The van der Waals surface area contributed by atoms with E-state index in [1.165, 1.54) is 0 Å². The first-order valence-corrected chi connectivity index (χ1v) is 18.2. The highest BCUT2D eigenvalue weighted by molar-refractivity contribution is 5.69. The number of aliphatic hydroxyl groups excluding tert-OH is 7. The Balaban J connectivity index is 1.75. The molecular weight excluding hydrogens is 668 g/mol. The normalized spacial score (nSPS) is 31.0. The quantitative estimate of drug-likeness (QED) is 0.0405. The van der Waals surface area contributed by atoms with E-state index >= 15 is 0 Å². The molecule has 2 rings (SSSR count). The van der Waals surface area contributed by atoms with Gasteiger partial charge in [0, 0.05) is 13.0 Å². The summed E-state index contributed by atoms with van der Waals surface area (Å²) in [6.45, 7) is 3.05. The van der Waals surface area contributed by atoms with Crippen molar-refractivity contribution < 1.29 is 69.0 Å². The Morgan fingerprint density at radius 1 is 0.667 bits per heavy atom. The van der Waals surface area contributed by atoms with E-state index in [2.05, 4.69) is 55.5 Å². The lowest BCUT2D eigenvalue weighted by Gasteiger charge is -2.42. The summed E-state index contributed by atoms with van der Waals surface area (Å²) in [5, 5.41) is 71.0. The predicted octanol–water partition coefficient (Wildman–Crippen LogP) is 1.72. The van der Waals surface area contributed by atoms with E-state index in [4.69, 9.17) is 28.4 Å². The zero-order valence-corrected chi connectivity index (χ0v) is 30.1. The van der Waals surface area contributed by atoms with Crippen molar-refractivity contribution >= 4 is 5.97 Å². The zero-order chi connectivity index (χ0) is 37.4. The molecule has 51 heavy (non-hydrogen) atoms. The van der Waals surface area contributed by atoms with Gasteiger partial charge in [0.2, 0.25) is 0 Å². The number of rotatable bonds is 25. The third kappa shape index (κ3) is 17.1. The Labute approximate surface area is 302 Å². The van der Waals surface area contributed by atoms with Gasteiger partial charge < -0.3 is 64.2 Å². The second-order valence-electron chi connectivity index (χ2n) is 12.7. The molecule has 0 aromatic heterocycles. The Morgan fingerprint density at radius 3 is 1.84 bits per heavy atom. The Morgan fingerprint density at radius 2 is 1.24 bits per heavy atom. The highest BCUT2D eigenvalue weighted by atomic mass is 16.7. The summed E-state index contributed by atoms with van der Waals surface area (Å²) in [4.78, 5) is 12.3. The first kappa shape index (κ1) is 45.1. The molecule has 14 nitrogen and oxygen atoms in total. The molecule has 0 saturated carbocycles. The van der Waals surface area contributed by atoms with Crippen LogP contribution in [0.1, 0.15) is 78.1 Å². The standard InChI is InChI=1S/C37H62O14/c1-3-5-6-7-8-9-10-11-12-13-14-15-16-17-18-19-21-46-23-26(49-29(39)20-4-2)24-47-36-35(45)33(43)31(41)28(51-36)25-48-37-34(44)32(42)30(40)27(22-38)50-37/h5-6,8-9,11-12,14-15,26-28,30-38,40-45H,3-4,7,10,13,16-25H2,1-2H3/b6-5-,9-8-,12-11-,15-14-. The molecule has 11 unspecified atom stereocenters. The number of aliphatic hydroxyl groups is 7. The molecule has 2 saturated heterocycles. The van der Waals surface area contributed by atoms with Crippen LogP contribution in [-0.4, -0.2) is 142 Å².